The van der Waals surface area contributed by atoms with Crippen LogP contribution in [0.3, 0.4) is 0 Å². The fourth-order valence-electron chi connectivity index (χ4n) is 1.28. The number of aliphatic carboxylic acids is 1. The predicted octanol–water partition coefficient (Wildman–Crippen LogP) is -0.288. The van der Waals surface area contributed by atoms with Gasteiger partial charge in [0.1, 0.15) is 0 Å². The molecule has 0 saturated carbocycles. The maximum Gasteiger partial charge on any atom is 0.304 e. The van der Waals surface area contributed by atoms with E-state index in [1.165, 1.54) is 0 Å². The molecule has 2 N–H and O–H groups in total. The Labute approximate surface area is 66.2 Å². The molecule has 4 nitrogen and oxygen atoms in total. The van der Waals surface area contributed by atoms with E-state index in [9.17, 15) is 4.79 Å². The lowest BCUT2D eigenvalue weighted by Crippen LogP contribution is -2.33. The van der Waals surface area contributed by atoms with E-state index < -0.39 is 5.97 Å². The minimum atomic E-state index is -0.718. The number of carboxylic acid groups (broad SMARTS) is 1. The topological polar surface area (TPSA) is 52.6 Å². The Balaban J connectivity index is 2.28. The fraction of sp³-hybridized carbons (Fsp3) is 0.857. The lowest BCUT2D eigenvalue weighted by Gasteiger charge is -2.20. The van der Waals surface area contributed by atoms with Crippen molar-refractivity contribution >= 4 is 5.97 Å². The van der Waals surface area contributed by atoms with Crippen molar-refractivity contribution in [2.24, 2.45) is 0 Å². The van der Waals surface area contributed by atoms with E-state index in [-0.39, 0.29) is 12.5 Å². The van der Waals surface area contributed by atoms with Gasteiger partial charge in [-0.25, -0.2) is 0 Å². The lowest BCUT2D eigenvalue weighted by molar-refractivity contribution is -0.138. The van der Waals surface area contributed by atoms with Crippen LogP contribution in [0.5, 0.6) is 0 Å². The summed E-state index contributed by atoms with van der Waals surface area (Å²) in [5.41, 5.74) is 0. The second-order valence-corrected chi connectivity index (χ2v) is 2.92. The Morgan fingerprint density at radius 1 is 1.82 bits per heavy atom. The van der Waals surface area contributed by atoms with Crippen molar-refractivity contribution in [2.45, 2.75) is 19.4 Å². The minimum Gasteiger partial charge on any atom is -0.481 e. The van der Waals surface area contributed by atoms with Gasteiger partial charge < -0.3 is 10.4 Å². The molecular formula is C7H14N2O2. The summed E-state index contributed by atoms with van der Waals surface area (Å²) in [4.78, 5) is 12.5. The quantitative estimate of drug-likeness (QED) is 0.592. The van der Waals surface area contributed by atoms with Gasteiger partial charge in [0, 0.05) is 25.8 Å². The Morgan fingerprint density at radius 3 is 3.00 bits per heavy atom. The Kier molecular flexibility index (Phi) is 2.84. The standard InChI is InChI=1S/C7H14N2O2/c1-6(4-7(10)11)9-3-2-8-5-9/h6,8H,2-5H2,1H3,(H,10,11). The molecule has 1 heterocycles. The molecule has 1 aliphatic heterocycles. The molecule has 4 heteroatoms. The Hall–Kier alpha value is -0.610. The molecule has 11 heavy (non-hydrogen) atoms. The molecule has 0 aromatic carbocycles. The molecule has 64 valence electrons. The van der Waals surface area contributed by atoms with Crippen LogP contribution in [0.1, 0.15) is 13.3 Å². The van der Waals surface area contributed by atoms with E-state index in [4.69, 9.17) is 5.11 Å². The fourth-order valence-corrected chi connectivity index (χ4v) is 1.28. The van der Waals surface area contributed by atoms with Gasteiger partial charge in [-0.15, -0.1) is 0 Å². The number of carboxylic acids is 1. The van der Waals surface area contributed by atoms with E-state index in [1.807, 2.05) is 6.92 Å². The second kappa shape index (κ2) is 3.69. The monoisotopic (exact) mass is 158 g/mol. The molecule has 1 saturated heterocycles. The molecule has 0 aromatic rings. The molecule has 0 radical (unpaired) electrons. The summed E-state index contributed by atoms with van der Waals surface area (Å²) in [5.74, 6) is -0.718. The average Bonchev–Trinajstić information content (AvgIpc) is 2.35. The van der Waals surface area contributed by atoms with Crippen LogP contribution in [0.25, 0.3) is 0 Å². The third kappa shape index (κ3) is 2.48. The zero-order valence-electron chi connectivity index (χ0n) is 6.71. The number of nitrogens with one attached hydrogen (secondary N) is 1. The molecule has 0 spiro atoms. The van der Waals surface area contributed by atoms with Crippen LogP contribution in [0.4, 0.5) is 0 Å². The van der Waals surface area contributed by atoms with Crippen LogP contribution in [-0.4, -0.2) is 41.8 Å². The van der Waals surface area contributed by atoms with Crippen molar-refractivity contribution < 1.29 is 9.90 Å². The van der Waals surface area contributed by atoms with Crippen LogP contribution in [0, 0.1) is 0 Å². The van der Waals surface area contributed by atoms with E-state index in [1.54, 1.807) is 0 Å². The van der Waals surface area contributed by atoms with Crippen LogP contribution in [-0.2, 0) is 4.79 Å². The van der Waals surface area contributed by atoms with Crippen molar-refractivity contribution in [1.82, 2.24) is 10.2 Å². The molecule has 1 rings (SSSR count). The largest absolute Gasteiger partial charge is 0.481 e. The van der Waals surface area contributed by atoms with Crippen molar-refractivity contribution in [1.29, 1.82) is 0 Å². The van der Waals surface area contributed by atoms with Gasteiger partial charge in [-0.1, -0.05) is 0 Å². The smallest absolute Gasteiger partial charge is 0.304 e. The van der Waals surface area contributed by atoms with Gasteiger partial charge in [-0.3, -0.25) is 9.69 Å². The molecule has 0 aromatic heterocycles. The van der Waals surface area contributed by atoms with Crippen molar-refractivity contribution in [3.8, 4) is 0 Å². The van der Waals surface area contributed by atoms with Gasteiger partial charge in [-0.05, 0) is 6.92 Å². The first-order chi connectivity index (χ1) is 5.20. The number of nitrogens with zero attached hydrogens (tertiary/aromatic N) is 1. The number of hydrogen-bond donors (Lipinski definition) is 2. The van der Waals surface area contributed by atoms with Gasteiger partial charge in [-0.2, -0.15) is 0 Å². The first-order valence-corrected chi connectivity index (χ1v) is 3.86. The van der Waals surface area contributed by atoms with Crippen LogP contribution >= 0.6 is 0 Å². The number of carbonyl (C=O) groups is 1. The van der Waals surface area contributed by atoms with E-state index >= 15 is 0 Å². The highest BCUT2D eigenvalue weighted by Gasteiger charge is 2.19. The highest BCUT2D eigenvalue weighted by molar-refractivity contribution is 5.67. The molecule has 0 amide bonds. The van der Waals surface area contributed by atoms with Crippen molar-refractivity contribution in [2.75, 3.05) is 19.8 Å². The third-order valence-corrected chi connectivity index (χ3v) is 1.98. The van der Waals surface area contributed by atoms with Gasteiger partial charge >= 0.3 is 5.97 Å². The molecule has 1 aliphatic rings. The van der Waals surface area contributed by atoms with Gasteiger partial charge in [0.2, 0.25) is 0 Å². The SMILES string of the molecule is CC(CC(=O)O)N1CCNC1. The Bertz CT molecular complexity index is 143. The van der Waals surface area contributed by atoms with E-state index in [2.05, 4.69) is 10.2 Å². The summed E-state index contributed by atoms with van der Waals surface area (Å²) < 4.78 is 0. The van der Waals surface area contributed by atoms with Gasteiger partial charge in [0.15, 0.2) is 0 Å². The highest BCUT2D eigenvalue weighted by atomic mass is 16.4. The summed E-state index contributed by atoms with van der Waals surface area (Å²) in [6.45, 7) is 4.72. The highest BCUT2D eigenvalue weighted by Crippen LogP contribution is 2.04. The maximum absolute atomic E-state index is 10.3. The third-order valence-electron chi connectivity index (χ3n) is 1.98. The van der Waals surface area contributed by atoms with Crippen LogP contribution in [0.15, 0.2) is 0 Å². The van der Waals surface area contributed by atoms with Gasteiger partial charge in [0.25, 0.3) is 0 Å². The zero-order chi connectivity index (χ0) is 8.27. The summed E-state index contributed by atoms with van der Waals surface area (Å²) >= 11 is 0. The second-order valence-electron chi connectivity index (χ2n) is 2.92. The minimum absolute atomic E-state index is 0.155. The molecule has 0 aliphatic carbocycles. The first kappa shape index (κ1) is 8.49. The van der Waals surface area contributed by atoms with Crippen LogP contribution < -0.4 is 5.32 Å². The summed E-state index contributed by atoms with van der Waals surface area (Å²) in [6, 6.07) is 0.155. The number of rotatable bonds is 3. The molecule has 1 unspecified atom stereocenters. The van der Waals surface area contributed by atoms with Crippen molar-refractivity contribution in [3.63, 3.8) is 0 Å². The lowest BCUT2D eigenvalue weighted by atomic mass is 10.2. The molecule has 1 fully saturated rings. The summed E-state index contributed by atoms with van der Waals surface area (Å²) in [6.07, 6.45) is 0.238. The molecular weight excluding hydrogens is 144 g/mol. The van der Waals surface area contributed by atoms with E-state index in [0.29, 0.717) is 0 Å². The Morgan fingerprint density at radius 2 is 2.55 bits per heavy atom. The zero-order valence-corrected chi connectivity index (χ0v) is 6.71. The summed E-state index contributed by atoms with van der Waals surface area (Å²) in [5, 5.41) is 11.7. The summed E-state index contributed by atoms with van der Waals surface area (Å²) in [7, 11) is 0. The number of hydrogen-bond acceptors (Lipinski definition) is 3. The first-order valence-electron chi connectivity index (χ1n) is 3.86. The van der Waals surface area contributed by atoms with Crippen molar-refractivity contribution in [3.05, 3.63) is 0 Å². The molecule has 1 atom stereocenters. The van der Waals surface area contributed by atoms with Crippen LogP contribution in [0.2, 0.25) is 0 Å². The molecule has 0 bridgehead atoms. The maximum atomic E-state index is 10.3. The van der Waals surface area contributed by atoms with E-state index in [0.717, 1.165) is 19.8 Å². The normalized spacial score (nSPS) is 21.9. The van der Waals surface area contributed by atoms with Gasteiger partial charge in [0.05, 0.1) is 6.42 Å². The average molecular weight is 158 g/mol. The predicted molar refractivity (Wildman–Crippen MR) is 41.3 cm³/mol.